The highest BCUT2D eigenvalue weighted by atomic mass is 79.9. The van der Waals surface area contributed by atoms with E-state index in [0.29, 0.717) is 16.4 Å². The molecule has 1 heterocycles. The maximum Gasteiger partial charge on any atom is 0.230 e. The molecule has 0 radical (unpaired) electrons. The Balaban J connectivity index is 2.18. The maximum absolute atomic E-state index is 5.65. The molecule has 2 rings (SSSR count). The molecule has 1 aromatic heterocycles. The van der Waals surface area contributed by atoms with E-state index in [1.807, 2.05) is 43.3 Å². The molecule has 0 fully saturated rings. The number of nitrogen functional groups attached to an aromatic ring is 1. The second-order valence-corrected chi connectivity index (χ2v) is 4.82. The molecule has 0 aliphatic carbocycles. The van der Waals surface area contributed by atoms with E-state index >= 15 is 0 Å². The Morgan fingerprint density at radius 3 is 2.39 bits per heavy atom. The number of aromatic nitrogens is 2. The van der Waals surface area contributed by atoms with Crippen molar-refractivity contribution in [2.24, 2.45) is 0 Å². The second-order valence-electron chi connectivity index (χ2n) is 4.01. The molecule has 0 unspecified atom stereocenters. The van der Waals surface area contributed by atoms with Gasteiger partial charge in [0.25, 0.3) is 0 Å². The quantitative estimate of drug-likeness (QED) is 0.853. The van der Waals surface area contributed by atoms with Crippen molar-refractivity contribution in [3.63, 3.8) is 0 Å². The zero-order valence-corrected chi connectivity index (χ0v) is 11.8. The van der Waals surface area contributed by atoms with Crippen LogP contribution in [0.15, 0.2) is 34.9 Å². The van der Waals surface area contributed by atoms with Crippen molar-refractivity contribution < 1.29 is 0 Å². The lowest BCUT2D eigenvalue weighted by Gasteiger charge is -2.13. The van der Waals surface area contributed by atoms with Gasteiger partial charge in [-0.2, -0.15) is 4.98 Å². The monoisotopic (exact) mass is 307 g/mol. The summed E-state index contributed by atoms with van der Waals surface area (Å²) in [4.78, 5) is 10.3. The first-order valence-electron chi connectivity index (χ1n) is 5.39. The molecular formula is C12H14BrN5. The van der Waals surface area contributed by atoms with Gasteiger partial charge in [0.1, 0.15) is 10.4 Å². The van der Waals surface area contributed by atoms with Gasteiger partial charge in [-0.1, -0.05) is 0 Å². The van der Waals surface area contributed by atoms with E-state index in [-0.39, 0.29) is 0 Å². The molecule has 0 atom stereocenters. The highest BCUT2D eigenvalue weighted by molar-refractivity contribution is 9.10. The zero-order valence-electron chi connectivity index (χ0n) is 10.2. The average molecular weight is 308 g/mol. The number of rotatable bonds is 3. The summed E-state index contributed by atoms with van der Waals surface area (Å²) >= 11 is 3.28. The third-order valence-electron chi connectivity index (χ3n) is 2.35. The van der Waals surface area contributed by atoms with Crippen LogP contribution in [0.4, 0.5) is 23.1 Å². The summed E-state index contributed by atoms with van der Waals surface area (Å²) < 4.78 is 0.655. The van der Waals surface area contributed by atoms with Crippen LogP contribution in [-0.2, 0) is 0 Å². The van der Waals surface area contributed by atoms with Gasteiger partial charge in [0, 0.05) is 31.5 Å². The highest BCUT2D eigenvalue weighted by Crippen LogP contribution is 2.20. The largest absolute Gasteiger partial charge is 0.383 e. The Kier molecular flexibility index (Phi) is 3.66. The van der Waals surface area contributed by atoms with E-state index in [9.17, 15) is 0 Å². The Bertz CT molecular complexity index is 518. The number of nitrogens with zero attached hydrogens (tertiary/aromatic N) is 3. The lowest BCUT2D eigenvalue weighted by atomic mass is 10.2. The average Bonchev–Trinajstić information content (AvgIpc) is 2.28. The van der Waals surface area contributed by atoms with Crippen LogP contribution in [0.25, 0.3) is 0 Å². The number of hydrogen-bond acceptors (Lipinski definition) is 5. The standard InChI is InChI=1S/C12H14BrN5/c1-18(2)9-5-3-8(4-6-9)15-12-16-10(13)7-11(14)17-12/h3-7H,1-2H3,(H3,14,15,16,17). The van der Waals surface area contributed by atoms with E-state index in [1.165, 1.54) is 0 Å². The molecule has 94 valence electrons. The minimum atomic E-state index is 0.421. The first-order chi connectivity index (χ1) is 8.54. The van der Waals surface area contributed by atoms with E-state index < -0.39 is 0 Å². The number of benzene rings is 1. The molecule has 0 saturated heterocycles. The summed E-state index contributed by atoms with van der Waals surface area (Å²) in [6.45, 7) is 0. The first-order valence-corrected chi connectivity index (χ1v) is 6.18. The number of hydrogen-bond donors (Lipinski definition) is 2. The number of halogens is 1. The van der Waals surface area contributed by atoms with Gasteiger partial charge in [-0.15, -0.1) is 0 Å². The summed E-state index contributed by atoms with van der Waals surface area (Å²) in [7, 11) is 4.00. The lowest BCUT2D eigenvalue weighted by molar-refractivity contribution is 1.13. The van der Waals surface area contributed by atoms with Gasteiger partial charge in [-0.3, -0.25) is 0 Å². The van der Waals surface area contributed by atoms with Crippen LogP contribution in [0.1, 0.15) is 0 Å². The summed E-state index contributed by atoms with van der Waals surface area (Å²) in [5, 5.41) is 3.10. The van der Waals surface area contributed by atoms with Gasteiger partial charge in [0.2, 0.25) is 5.95 Å². The van der Waals surface area contributed by atoms with Crippen LogP contribution >= 0.6 is 15.9 Å². The van der Waals surface area contributed by atoms with Gasteiger partial charge in [-0.25, -0.2) is 4.98 Å². The van der Waals surface area contributed by atoms with E-state index in [0.717, 1.165) is 11.4 Å². The molecule has 18 heavy (non-hydrogen) atoms. The van der Waals surface area contributed by atoms with Crippen molar-refractivity contribution >= 4 is 39.1 Å². The van der Waals surface area contributed by atoms with E-state index in [1.54, 1.807) is 6.07 Å². The Morgan fingerprint density at radius 1 is 1.17 bits per heavy atom. The van der Waals surface area contributed by atoms with Gasteiger partial charge >= 0.3 is 0 Å². The lowest BCUT2D eigenvalue weighted by Crippen LogP contribution is -2.08. The minimum Gasteiger partial charge on any atom is -0.383 e. The molecular weight excluding hydrogens is 294 g/mol. The predicted molar refractivity (Wildman–Crippen MR) is 78.2 cm³/mol. The smallest absolute Gasteiger partial charge is 0.230 e. The Hall–Kier alpha value is -1.82. The molecule has 0 saturated carbocycles. The van der Waals surface area contributed by atoms with E-state index in [2.05, 4.69) is 31.2 Å². The van der Waals surface area contributed by atoms with Gasteiger partial charge in [0.15, 0.2) is 0 Å². The summed E-state index contributed by atoms with van der Waals surface area (Å²) in [6.07, 6.45) is 0. The van der Waals surface area contributed by atoms with Crippen molar-refractivity contribution in [3.05, 3.63) is 34.9 Å². The van der Waals surface area contributed by atoms with Gasteiger partial charge in [0.05, 0.1) is 0 Å². The van der Waals surface area contributed by atoms with E-state index in [4.69, 9.17) is 5.73 Å². The fraction of sp³-hybridized carbons (Fsp3) is 0.167. The van der Waals surface area contributed by atoms with Crippen molar-refractivity contribution in [1.29, 1.82) is 0 Å². The van der Waals surface area contributed by atoms with Crippen molar-refractivity contribution in [3.8, 4) is 0 Å². The number of nitrogens with two attached hydrogens (primary N) is 1. The highest BCUT2D eigenvalue weighted by Gasteiger charge is 2.02. The topological polar surface area (TPSA) is 67.1 Å². The fourth-order valence-electron chi connectivity index (χ4n) is 1.46. The van der Waals surface area contributed by atoms with Crippen molar-refractivity contribution in [2.75, 3.05) is 30.0 Å². The van der Waals surface area contributed by atoms with Crippen LogP contribution in [-0.4, -0.2) is 24.1 Å². The van der Waals surface area contributed by atoms with Gasteiger partial charge in [-0.05, 0) is 40.2 Å². The molecule has 6 heteroatoms. The van der Waals surface area contributed by atoms with Crippen LogP contribution in [0.3, 0.4) is 0 Å². The molecule has 5 nitrogen and oxygen atoms in total. The fourth-order valence-corrected chi connectivity index (χ4v) is 1.87. The summed E-state index contributed by atoms with van der Waals surface area (Å²) in [5.41, 5.74) is 7.70. The number of nitrogens with one attached hydrogen (secondary N) is 1. The third-order valence-corrected chi connectivity index (χ3v) is 2.76. The molecule has 0 amide bonds. The predicted octanol–water partition coefficient (Wildman–Crippen LogP) is 2.63. The zero-order chi connectivity index (χ0) is 13.1. The normalized spacial score (nSPS) is 10.2. The minimum absolute atomic E-state index is 0.421. The van der Waals surface area contributed by atoms with Crippen LogP contribution in [0.2, 0.25) is 0 Å². The third kappa shape index (κ3) is 3.10. The molecule has 0 bridgehead atoms. The Morgan fingerprint density at radius 2 is 1.83 bits per heavy atom. The SMILES string of the molecule is CN(C)c1ccc(Nc2nc(N)cc(Br)n2)cc1. The summed E-state index contributed by atoms with van der Waals surface area (Å²) in [5.74, 6) is 0.892. The van der Waals surface area contributed by atoms with Crippen LogP contribution in [0, 0.1) is 0 Å². The molecule has 2 aromatic rings. The van der Waals surface area contributed by atoms with Crippen LogP contribution < -0.4 is 16.0 Å². The maximum atomic E-state index is 5.65. The van der Waals surface area contributed by atoms with Crippen molar-refractivity contribution in [2.45, 2.75) is 0 Å². The first kappa shape index (κ1) is 12.6. The Labute approximate surface area is 114 Å². The van der Waals surface area contributed by atoms with Gasteiger partial charge < -0.3 is 16.0 Å². The molecule has 1 aromatic carbocycles. The van der Waals surface area contributed by atoms with Crippen molar-refractivity contribution in [1.82, 2.24) is 9.97 Å². The molecule has 0 aliphatic heterocycles. The number of anilines is 4. The molecule has 0 spiro atoms. The molecule has 3 N–H and O–H groups in total. The second kappa shape index (κ2) is 5.22. The molecule has 0 aliphatic rings. The summed E-state index contributed by atoms with van der Waals surface area (Å²) in [6, 6.07) is 9.62. The van der Waals surface area contributed by atoms with Crippen LogP contribution in [0.5, 0.6) is 0 Å².